The van der Waals surface area contributed by atoms with Gasteiger partial charge in [-0.2, -0.15) is 0 Å². The number of nitrogens with two attached hydrogens (primary N) is 1. The molecule has 0 aliphatic carbocycles. The van der Waals surface area contributed by atoms with Crippen molar-refractivity contribution >= 4 is 27.8 Å². The highest BCUT2D eigenvalue weighted by molar-refractivity contribution is 9.10. The maximum absolute atomic E-state index is 11.6. The summed E-state index contributed by atoms with van der Waals surface area (Å²) in [5, 5.41) is 0. The van der Waals surface area contributed by atoms with Crippen LogP contribution in [0.25, 0.3) is 0 Å². The molecule has 1 amide bonds. The Labute approximate surface area is 101 Å². The number of rotatable bonds is 3. The summed E-state index contributed by atoms with van der Waals surface area (Å²) in [7, 11) is 0. The van der Waals surface area contributed by atoms with E-state index in [0.29, 0.717) is 11.1 Å². The van der Waals surface area contributed by atoms with Crippen LogP contribution in [0.5, 0.6) is 0 Å². The van der Waals surface area contributed by atoms with Crippen molar-refractivity contribution in [3.05, 3.63) is 27.5 Å². The predicted molar refractivity (Wildman–Crippen MR) is 61.1 cm³/mol. The number of nitrogens with zero attached hydrogens (tertiary/aromatic N) is 1. The summed E-state index contributed by atoms with van der Waals surface area (Å²) in [6.45, 7) is 3.68. The first-order chi connectivity index (χ1) is 7.47. The summed E-state index contributed by atoms with van der Waals surface area (Å²) in [6, 6.07) is 1.46. The van der Waals surface area contributed by atoms with Gasteiger partial charge in [0.15, 0.2) is 0 Å². The smallest absolute Gasteiger partial charge is 0.341 e. The molecule has 0 unspecified atom stereocenters. The molecule has 1 aromatic heterocycles. The second-order valence-corrected chi connectivity index (χ2v) is 3.83. The maximum Gasteiger partial charge on any atom is 0.341 e. The number of aromatic nitrogens is 1. The monoisotopic (exact) mass is 286 g/mol. The zero-order chi connectivity index (χ0) is 12.3. The number of carbonyl (C=O) groups is 2. The molecule has 1 rings (SSSR count). The van der Waals surface area contributed by atoms with Gasteiger partial charge in [0.05, 0.1) is 12.2 Å². The van der Waals surface area contributed by atoms with Crippen LogP contribution < -0.4 is 5.73 Å². The Morgan fingerprint density at radius 2 is 2.19 bits per heavy atom. The molecule has 0 saturated carbocycles. The number of pyridine rings is 1. The first-order valence-electron chi connectivity index (χ1n) is 4.61. The Morgan fingerprint density at radius 1 is 1.56 bits per heavy atom. The van der Waals surface area contributed by atoms with Gasteiger partial charge in [0.1, 0.15) is 10.3 Å². The van der Waals surface area contributed by atoms with Crippen LogP contribution >= 0.6 is 15.9 Å². The number of aryl methyl sites for hydroxylation is 1. The first-order valence-corrected chi connectivity index (χ1v) is 5.40. The van der Waals surface area contributed by atoms with Crippen molar-refractivity contribution in [3.8, 4) is 0 Å². The first kappa shape index (κ1) is 12.6. The quantitative estimate of drug-likeness (QED) is 0.673. The summed E-state index contributed by atoms with van der Waals surface area (Å²) in [5.41, 5.74) is 6.11. The molecule has 0 aromatic carbocycles. The molecule has 0 bridgehead atoms. The Kier molecular flexibility index (Phi) is 4.00. The summed E-state index contributed by atoms with van der Waals surface area (Å²) >= 11 is 3.12. The highest BCUT2D eigenvalue weighted by Gasteiger charge is 2.18. The van der Waals surface area contributed by atoms with Gasteiger partial charge < -0.3 is 10.5 Å². The fourth-order valence-corrected chi connectivity index (χ4v) is 1.87. The van der Waals surface area contributed by atoms with Crippen molar-refractivity contribution in [1.82, 2.24) is 4.98 Å². The van der Waals surface area contributed by atoms with E-state index in [-0.39, 0.29) is 16.9 Å². The lowest BCUT2D eigenvalue weighted by molar-refractivity contribution is 0.0523. The Morgan fingerprint density at radius 3 is 2.62 bits per heavy atom. The Bertz CT molecular complexity index is 423. The van der Waals surface area contributed by atoms with E-state index < -0.39 is 11.9 Å². The Balaban J connectivity index is 3.22. The fourth-order valence-electron chi connectivity index (χ4n) is 1.21. The highest BCUT2D eigenvalue weighted by Crippen LogP contribution is 2.20. The number of halogens is 1. The van der Waals surface area contributed by atoms with Gasteiger partial charge in [0.2, 0.25) is 0 Å². The van der Waals surface area contributed by atoms with E-state index in [1.54, 1.807) is 13.8 Å². The highest BCUT2D eigenvalue weighted by atomic mass is 79.9. The maximum atomic E-state index is 11.6. The summed E-state index contributed by atoms with van der Waals surface area (Å²) in [5.74, 6) is -1.12. The lowest BCUT2D eigenvalue weighted by Gasteiger charge is -2.08. The zero-order valence-corrected chi connectivity index (χ0v) is 10.5. The second kappa shape index (κ2) is 5.07. The molecule has 0 saturated heterocycles. The van der Waals surface area contributed by atoms with Crippen molar-refractivity contribution in [1.29, 1.82) is 0 Å². The standard InChI is InChI=1S/C10H11BrN2O3/c1-3-16-10(15)7-5(2)4-6(9(12)14)13-8(7)11/h4H,3H2,1-2H3,(H2,12,14). The minimum atomic E-state index is -0.640. The molecule has 0 radical (unpaired) electrons. The molecule has 0 aliphatic rings. The molecule has 0 aliphatic heterocycles. The molecular weight excluding hydrogens is 276 g/mol. The zero-order valence-electron chi connectivity index (χ0n) is 8.91. The third-order valence-electron chi connectivity index (χ3n) is 1.90. The minimum absolute atomic E-state index is 0.109. The minimum Gasteiger partial charge on any atom is -0.462 e. The Hall–Kier alpha value is -1.43. The molecule has 86 valence electrons. The van der Waals surface area contributed by atoms with Crippen molar-refractivity contribution < 1.29 is 14.3 Å². The second-order valence-electron chi connectivity index (χ2n) is 3.07. The van der Waals surface area contributed by atoms with E-state index in [1.807, 2.05) is 0 Å². The van der Waals surface area contributed by atoms with Gasteiger partial charge in [-0.25, -0.2) is 9.78 Å². The number of esters is 1. The van der Waals surface area contributed by atoms with E-state index >= 15 is 0 Å². The van der Waals surface area contributed by atoms with E-state index in [0.717, 1.165) is 0 Å². The number of carbonyl (C=O) groups excluding carboxylic acids is 2. The van der Waals surface area contributed by atoms with E-state index in [4.69, 9.17) is 10.5 Å². The van der Waals surface area contributed by atoms with Crippen molar-refractivity contribution in [2.45, 2.75) is 13.8 Å². The number of hydrogen-bond acceptors (Lipinski definition) is 4. The topological polar surface area (TPSA) is 82.3 Å². The number of ether oxygens (including phenoxy) is 1. The molecule has 1 heterocycles. The van der Waals surface area contributed by atoms with Gasteiger partial charge in [0, 0.05) is 0 Å². The average Bonchev–Trinajstić information content (AvgIpc) is 2.16. The fraction of sp³-hybridized carbons (Fsp3) is 0.300. The van der Waals surface area contributed by atoms with Crippen LogP contribution in [-0.2, 0) is 4.74 Å². The van der Waals surface area contributed by atoms with Crippen molar-refractivity contribution in [2.75, 3.05) is 6.61 Å². The van der Waals surface area contributed by atoms with Crippen LogP contribution in [0.4, 0.5) is 0 Å². The van der Waals surface area contributed by atoms with Gasteiger partial charge >= 0.3 is 5.97 Å². The molecule has 16 heavy (non-hydrogen) atoms. The molecule has 6 heteroatoms. The van der Waals surface area contributed by atoms with Crippen LogP contribution in [0.1, 0.15) is 33.3 Å². The van der Waals surface area contributed by atoms with Gasteiger partial charge in [-0.3, -0.25) is 4.79 Å². The van der Waals surface area contributed by atoms with Crippen LogP contribution in [0.15, 0.2) is 10.7 Å². The van der Waals surface area contributed by atoms with Crippen LogP contribution in [0.2, 0.25) is 0 Å². The third kappa shape index (κ3) is 2.57. The van der Waals surface area contributed by atoms with Gasteiger partial charge in [-0.1, -0.05) is 0 Å². The summed E-state index contributed by atoms with van der Waals surface area (Å²) < 4.78 is 5.13. The van der Waals surface area contributed by atoms with Crippen LogP contribution in [-0.4, -0.2) is 23.5 Å². The largest absolute Gasteiger partial charge is 0.462 e. The van der Waals surface area contributed by atoms with Gasteiger partial charge in [0.25, 0.3) is 5.91 Å². The molecule has 2 N–H and O–H groups in total. The van der Waals surface area contributed by atoms with Crippen LogP contribution in [0.3, 0.4) is 0 Å². The van der Waals surface area contributed by atoms with Crippen LogP contribution in [0, 0.1) is 6.92 Å². The average molecular weight is 287 g/mol. The third-order valence-corrected chi connectivity index (χ3v) is 2.48. The van der Waals surface area contributed by atoms with Gasteiger partial charge in [-0.05, 0) is 41.4 Å². The van der Waals surface area contributed by atoms with Crippen molar-refractivity contribution in [3.63, 3.8) is 0 Å². The van der Waals surface area contributed by atoms with Gasteiger partial charge in [-0.15, -0.1) is 0 Å². The lowest BCUT2D eigenvalue weighted by atomic mass is 10.1. The van der Waals surface area contributed by atoms with E-state index in [9.17, 15) is 9.59 Å². The molecule has 0 atom stereocenters. The lowest BCUT2D eigenvalue weighted by Crippen LogP contribution is -2.16. The number of primary amides is 1. The van der Waals surface area contributed by atoms with E-state index in [1.165, 1.54) is 6.07 Å². The van der Waals surface area contributed by atoms with E-state index in [2.05, 4.69) is 20.9 Å². The normalized spacial score (nSPS) is 9.94. The SMILES string of the molecule is CCOC(=O)c1c(C)cc(C(N)=O)nc1Br. The van der Waals surface area contributed by atoms with Crippen molar-refractivity contribution in [2.24, 2.45) is 5.73 Å². The summed E-state index contributed by atoms with van der Waals surface area (Å²) in [4.78, 5) is 26.4. The predicted octanol–water partition coefficient (Wildman–Crippen LogP) is 1.43. The molecule has 0 fully saturated rings. The number of amides is 1. The molecule has 5 nitrogen and oxygen atoms in total. The summed E-state index contributed by atoms with van der Waals surface area (Å²) in [6.07, 6.45) is 0. The molecule has 0 spiro atoms. The molecular formula is C10H11BrN2O3. The molecule has 1 aromatic rings. The number of hydrogen-bond donors (Lipinski definition) is 1.